The number of nitrogens with one attached hydrogen (secondary N) is 1. The molecular weight excluding hydrogens is 530 g/mol. The third-order valence-corrected chi connectivity index (χ3v) is 7.71. The summed E-state index contributed by atoms with van der Waals surface area (Å²) in [7, 11) is 0. The van der Waals surface area contributed by atoms with Gasteiger partial charge >= 0.3 is 0 Å². The lowest BCUT2D eigenvalue weighted by Gasteiger charge is -2.31. The van der Waals surface area contributed by atoms with Gasteiger partial charge in [0, 0.05) is 48.1 Å². The summed E-state index contributed by atoms with van der Waals surface area (Å²) in [6, 6.07) is 16.7. The first-order valence-corrected chi connectivity index (χ1v) is 14.4. The molecule has 1 saturated heterocycles. The van der Waals surface area contributed by atoms with Crippen molar-refractivity contribution in [3.63, 3.8) is 0 Å². The fourth-order valence-corrected chi connectivity index (χ4v) is 5.50. The number of thioether (sulfide) groups is 1. The smallest absolute Gasteiger partial charge is 0.288 e. The SMILES string of the molecule is CCN(CC)c1ccc(/C=C2\CCC(/C=C(\C#N)C(=O)Nc3ccc(SC(F)F)cc3)=C2N2CCOCC2)cc1. The number of morpholine rings is 1. The molecule has 1 N–H and O–H groups in total. The van der Waals surface area contributed by atoms with Crippen LogP contribution in [0.5, 0.6) is 0 Å². The molecule has 2 aromatic rings. The molecule has 0 bridgehead atoms. The molecule has 0 atom stereocenters. The quantitative estimate of drug-likeness (QED) is 0.197. The molecule has 0 spiro atoms. The van der Waals surface area contributed by atoms with Crippen LogP contribution in [-0.2, 0) is 9.53 Å². The molecule has 210 valence electrons. The van der Waals surface area contributed by atoms with Gasteiger partial charge in [0.2, 0.25) is 0 Å². The Balaban J connectivity index is 1.60. The molecule has 1 aliphatic heterocycles. The van der Waals surface area contributed by atoms with Gasteiger partial charge in [-0.3, -0.25) is 4.79 Å². The van der Waals surface area contributed by atoms with Crippen LogP contribution >= 0.6 is 11.8 Å². The fourth-order valence-electron chi connectivity index (χ4n) is 5.00. The van der Waals surface area contributed by atoms with Crippen molar-refractivity contribution < 1.29 is 18.3 Å². The zero-order chi connectivity index (χ0) is 28.5. The monoisotopic (exact) mass is 564 g/mol. The standard InChI is InChI=1S/C31H34F2N4O2S/c1-3-36(4-2)27-11-5-22(6-12-27)19-23-7-8-24(29(23)37-15-17-39-18-16-37)20-25(21-34)30(38)35-26-9-13-28(14-10-26)40-31(32)33/h5-6,9-14,19-20,31H,3-4,7-8,15-18H2,1-2H3,(H,35,38)/b23-19+,25-20+. The summed E-state index contributed by atoms with van der Waals surface area (Å²) < 4.78 is 30.8. The average Bonchev–Trinajstić information content (AvgIpc) is 3.36. The summed E-state index contributed by atoms with van der Waals surface area (Å²) in [5, 5.41) is 12.6. The summed E-state index contributed by atoms with van der Waals surface area (Å²) >= 11 is 0.439. The van der Waals surface area contributed by atoms with Crippen LogP contribution in [0.3, 0.4) is 0 Å². The summed E-state index contributed by atoms with van der Waals surface area (Å²) in [5.41, 5.74) is 5.91. The lowest BCUT2D eigenvalue weighted by atomic mass is 10.1. The molecule has 9 heteroatoms. The molecule has 2 aliphatic rings. The van der Waals surface area contributed by atoms with Crippen LogP contribution in [0.2, 0.25) is 0 Å². The van der Waals surface area contributed by atoms with Gasteiger partial charge in [0.15, 0.2) is 0 Å². The van der Waals surface area contributed by atoms with Crippen molar-refractivity contribution in [3.05, 3.63) is 82.6 Å². The number of benzene rings is 2. The molecule has 1 amide bonds. The Hall–Kier alpha value is -3.61. The third kappa shape index (κ3) is 7.52. The number of anilines is 2. The topological polar surface area (TPSA) is 68.6 Å². The van der Waals surface area contributed by atoms with Gasteiger partial charge in [-0.2, -0.15) is 14.0 Å². The normalized spacial score (nSPS) is 16.9. The molecular formula is C31H34F2N4O2S. The molecule has 40 heavy (non-hydrogen) atoms. The second-order valence-electron chi connectivity index (χ2n) is 9.43. The lowest BCUT2D eigenvalue weighted by molar-refractivity contribution is -0.112. The minimum absolute atomic E-state index is 0.00313. The predicted molar refractivity (Wildman–Crippen MR) is 157 cm³/mol. The van der Waals surface area contributed by atoms with E-state index in [-0.39, 0.29) is 5.57 Å². The van der Waals surface area contributed by atoms with Crippen LogP contribution in [0.1, 0.15) is 32.3 Å². The van der Waals surface area contributed by atoms with Crippen molar-refractivity contribution in [1.29, 1.82) is 5.26 Å². The van der Waals surface area contributed by atoms with E-state index in [2.05, 4.69) is 59.3 Å². The number of nitrogens with zero attached hydrogens (tertiary/aromatic N) is 3. The molecule has 2 aromatic carbocycles. The number of carbonyl (C=O) groups is 1. The maximum Gasteiger partial charge on any atom is 0.288 e. The van der Waals surface area contributed by atoms with E-state index in [1.54, 1.807) is 18.2 Å². The Morgan fingerprint density at radius 2 is 1.77 bits per heavy atom. The highest BCUT2D eigenvalue weighted by Gasteiger charge is 2.26. The molecule has 1 heterocycles. The van der Waals surface area contributed by atoms with E-state index in [0.29, 0.717) is 42.0 Å². The Morgan fingerprint density at radius 3 is 2.38 bits per heavy atom. The Kier molecular flexibility index (Phi) is 10.4. The summed E-state index contributed by atoms with van der Waals surface area (Å²) in [6.07, 6.45) is 5.40. The number of hydrogen-bond acceptors (Lipinski definition) is 6. The zero-order valence-electron chi connectivity index (χ0n) is 22.8. The maximum absolute atomic E-state index is 13.0. The highest BCUT2D eigenvalue weighted by atomic mass is 32.2. The molecule has 0 unspecified atom stereocenters. The number of allylic oxidation sites excluding steroid dienone is 3. The number of halogens is 2. The fraction of sp³-hybridized carbons (Fsp3) is 0.355. The van der Waals surface area contributed by atoms with Crippen molar-refractivity contribution >= 4 is 35.1 Å². The highest BCUT2D eigenvalue weighted by Crippen LogP contribution is 2.37. The Bertz CT molecular complexity index is 1300. The number of carbonyl (C=O) groups excluding carboxylic acids is 1. The maximum atomic E-state index is 13.0. The first kappa shape index (κ1) is 29.4. The second kappa shape index (κ2) is 14.1. The van der Waals surface area contributed by atoms with Gasteiger partial charge in [0.25, 0.3) is 11.7 Å². The van der Waals surface area contributed by atoms with E-state index in [0.717, 1.165) is 49.4 Å². The number of alkyl halides is 2. The Morgan fingerprint density at radius 1 is 1.10 bits per heavy atom. The van der Waals surface area contributed by atoms with E-state index in [4.69, 9.17) is 4.74 Å². The van der Waals surface area contributed by atoms with Crippen molar-refractivity contribution in [2.45, 2.75) is 37.3 Å². The number of nitriles is 1. The van der Waals surface area contributed by atoms with Crippen molar-refractivity contribution in [3.8, 4) is 6.07 Å². The summed E-state index contributed by atoms with van der Waals surface area (Å²) in [6.45, 7) is 8.92. The van der Waals surface area contributed by atoms with E-state index >= 15 is 0 Å². The predicted octanol–water partition coefficient (Wildman–Crippen LogP) is 6.70. The Labute approximate surface area is 239 Å². The van der Waals surface area contributed by atoms with Gasteiger partial charge in [-0.15, -0.1) is 0 Å². The van der Waals surface area contributed by atoms with Crippen molar-refractivity contribution in [1.82, 2.24) is 4.90 Å². The van der Waals surface area contributed by atoms with Crippen LogP contribution in [0.4, 0.5) is 20.2 Å². The van der Waals surface area contributed by atoms with Gasteiger partial charge < -0.3 is 19.9 Å². The summed E-state index contributed by atoms with van der Waals surface area (Å²) in [4.78, 5) is 18.0. The zero-order valence-corrected chi connectivity index (χ0v) is 23.6. The van der Waals surface area contributed by atoms with E-state index in [1.165, 1.54) is 23.4 Å². The number of amides is 1. The van der Waals surface area contributed by atoms with Crippen LogP contribution in [-0.4, -0.2) is 56.0 Å². The first-order chi connectivity index (χ1) is 19.4. The minimum atomic E-state index is -2.51. The van der Waals surface area contributed by atoms with Crippen LogP contribution in [0, 0.1) is 11.3 Å². The third-order valence-electron chi connectivity index (χ3n) is 6.98. The summed E-state index contributed by atoms with van der Waals surface area (Å²) in [5.74, 6) is -3.05. The minimum Gasteiger partial charge on any atom is -0.378 e. The van der Waals surface area contributed by atoms with Crippen molar-refractivity contribution in [2.24, 2.45) is 0 Å². The lowest BCUT2D eigenvalue weighted by Crippen LogP contribution is -2.36. The number of rotatable bonds is 10. The van der Waals surface area contributed by atoms with Crippen LogP contribution in [0.15, 0.2) is 81.9 Å². The number of hydrogen-bond donors (Lipinski definition) is 1. The highest BCUT2D eigenvalue weighted by molar-refractivity contribution is 7.99. The molecule has 4 rings (SSSR count). The largest absolute Gasteiger partial charge is 0.378 e. The molecule has 0 aromatic heterocycles. The molecule has 1 aliphatic carbocycles. The van der Waals surface area contributed by atoms with Gasteiger partial charge in [0.1, 0.15) is 11.6 Å². The average molecular weight is 565 g/mol. The van der Waals surface area contributed by atoms with Crippen LogP contribution < -0.4 is 10.2 Å². The molecule has 1 fully saturated rings. The second-order valence-corrected chi connectivity index (χ2v) is 10.5. The van der Waals surface area contributed by atoms with Gasteiger partial charge in [0.05, 0.1) is 13.2 Å². The van der Waals surface area contributed by atoms with Gasteiger partial charge in [-0.25, -0.2) is 0 Å². The first-order valence-electron chi connectivity index (χ1n) is 13.5. The molecule has 0 saturated carbocycles. The van der Waals surface area contributed by atoms with Gasteiger partial charge in [-0.1, -0.05) is 23.9 Å². The molecule has 0 radical (unpaired) electrons. The van der Waals surface area contributed by atoms with Crippen molar-refractivity contribution in [2.75, 3.05) is 49.6 Å². The van der Waals surface area contributed by atoms with Gasteiger partial charge in [-0.05, 0) is 91.9 Å². The number of ether oxygens (including phenoxy) is 1. The molecule has 6 nitrogen and oxygen atoms in total. The van der Waals surface area contributed by atoms with E-state index in [9.17, 15) is 18.8 Å². The van der Waals surface area contributed by atoms with E-state index < -0.39 is 11.7 Å². The van der Waals surface area contributed by atoms with Crippen LogP contribution in [0.25, 0.3) is 6.08 Å². The van der Waals surface area contributed by atoms with E-state index in [1.807, 2.05) is 6.07 Å².